The minimum absolute atomic E-state index is 0.292. The van der Waals surface area contributed by atoms with Gasteiger partial charge < -0.3 is 4.74 Å². The number of hydrogen-bond acceptors (Lipinski definition) is 3. The summed E-state index contributed by atoms with van der Waals surface area (Å²) in [4.78, 5) is 7.80. The number of hydrogen-bond donors (Lipinski definition) is 0. The van der Waals surface area contributed by atoms with Crippen LogP contribution in [0.3, 0.4) is 0 Å². The predicted molar refractivity (Wildman–Crippen MR) is 61.2 cm³/mol. The van der Waals surface area contributed by atoms with Gasteiger partial charge in [0.15, 0.2) is 0 Å². The largest absolute Gasteiger partial charge is 0.438 e. The maximum absolute atomic E-state index is 12.6. The molecule has 0 aliphatic carbocycles. The van der Waals surface area contributed by atoms with E-state index < -0.39 is 0 Å². The summed E-state index contributed by atoms with van der Waals surface area (Å²) in [5, 5.41) is 0. The van der Waals surface area contributed by atoms with Crippen LogP contribution in [0.1, 0.15) is 0 Å². The Labute approximate surface area is 99.5 Å². The molecule has 1 heterocycles. The molecule has 0 spiro atoms. The molecular weight excluding hydrogens is 310 g/mol. The van der Waals surface area contributed by atoms with Crippen molar-refractivity contribution < 1.29 is 9.13 Å². The van der Waals surface area contributed by atoms with Crippen LogP contribution in [0.15, 0.2) is 36.8 Å². The Kier molecular flexibility index (Phi) is 3.10. The zero-order valence-corrected chi connectivity index (χ0v) is 9.68. The van der Waals surface area contributed by atoms with Crippen LogP contribution in [0.5, 0.6) is 11.6 Å². The summed E-state index contributed by atoms with van der Waals surface area (Å²) in [6, 6.07) is 5.77. The highest BCUT2D eigenvalue weighted by Gasteiger charge is 2.03. The number of rotatable bonds is 2. The van der Waals surface area contributed by atoms with Crippen molar-refractivity contribution in [1.82, 2.24) is 9.97 Å². The van der Waals surface area contributed by atoms with E-state index in [0.29, 0.717) is 11.6 Å². The fraction of sp³-hybridized carbons (Fsp3) is 0. The van der Waals surface area contributed by atoms with Crippen molar-refractivity contribution >= 4 is 22.6 Å². The van der Waals surface area contributed by atoms with Gasteiger partial charge in [-0.25, -0.2) is 14.4 Å². The van der Waals surface area contributed by atoms with Gasteiger partial charge in [-0.05, 0) is 46.9 Å². The van der Waals surface area contributed by atoms with Gasteiger partial charge in [-0.3, -0.25) is 0 Å². The molecule has 0 saturated heterocycles. The molecule has 0 amide bonds. The zero-order valence-electron chi connectivity index (χ0n) is 7.52. The van der Waals surface area contributed by atoms with E-state index in [0.717, 1.165) is 3.57 Å². The van der Waals surface area contributed by atoms with Gasteiger partial charge in [0.1, 0.15) is 17.9 Å². The molecule has 0 aliphatic heterocycles. The van der Waals surface area contributed by atoms with Gasteiger partial charge in [0.2, 0.25) is 5.88 Å². The molecule has 0 saturated carbocycles. The van der Waals surface area contributed by atoms with Gasteiger partial charge in [-0.2, -0.15) is 0 Å². The van der Waals surface area contributed by atoms with Crippen LogP contribution < -0.4 is 4.74 Å². The molecule has 1 aromatic carbocycles. The van der Waals surface area contributed by atoms with Crippen LogP contribution in [-0.2, 0) is 0 Å². The summed E-state index contributed by atoms with van der Waals surface area (Å²) in [5.74, 6) is 0.727. The molecule has 2 rings (SSSR count). The standard InChI is InChI=1S/C10H6FIN2O/c11-7-1-3-8(4-2-7)15-10-9(12)5-13-6-14-10/h1-6H. The van der Waals surface area contributed by atoms with Crippen molar-refractivity contribution in [2.24, 2.45) is 0 Å². The SMILES string of the molecule is Fc1ccc(Oc2ncncc2I)cc1. The normalized spacial score (nSPS) is 10.0. The lowest BCUT2D eigenvalue weighted by atomic mass is 10.3. The van der Waals surface area contributed by atoms with Crippen LogP contribution in [0.25, 0.3) is 0 Å². The van der Waals surface area contributed by atoms with E-state index in [4.69, 9.17) is 4.74 Å². The van der Waals surface area contributed by atoms with E-state index in [1.807, 2.05) is 0 Å². The number of nitrogens with zero attached hydrogens (tertiary/aromatic N) is 2. The van der Waals surface area contributed by atoms with Crippen LogP contribution in [0.2, 0.25) is 0 Å². The third-order valence-electron chi connectivity index (χ3n) is 1.66. The minimum Gasteiger partial charge on any atom is -0.438 e. The summed E-state index contributed by atoms with van der Waals surface area (Å²) in [6.45, 7) is 0. The Bertz CT molecular complexity index is 461. The predicted octanol–water partition coefficient (Wildman–Crippen LogP) is 3.01. The van der Waals surface area contributed by atoms with Gasteiger partial charge in [-0.15, -0.1) is 0 Å². The Morgan fingerprint density at radius 2 is 1.93 bits per heavy atom. The second-order valence-corrected chi connectivity index (χ2v) is 3.89. The van der Waals surface area contributed by atoms with Gasteiger partial charge in [-0.1, -0.05) is 0 Å². The molecule has 0 N–H and O–H groups in total. The number of aromatic nitrogens is 2. The quantitative estimate of drug-likeness (QED) is 0.799. The van der Waals surface area contributed by atoms with Crippen LogP contribution >= 0.6 is 22.6 Å². The van der Waals surface area contributed by atoms with Crippen molar-refractivity contribution in [3.8, 4) is 11.6 Å². The molecule has 0 fully saturated rings. The van der Waals surface area contributed by atoms with E-state index in [9.17, 15) is 4.39 Å². The number of benzene rings is 1. The topological polar surface area (TPSA) is 35.0 Å². The van der Waals surface area contributed by atoms with Crippen molar-refractivity contribution in [2.75, 3.05) is 0 Å². The average Bonchev–Trinajstić information content (AvgIpc) is 2.25. The maximum Gasteiger partial charge on any atom is 0.235 e. The molecule has 1 aromatic heterocycles. The molecule has 5 heteroatoms. The van der Waals surface area contributed by atoms with Crippen LogP contribution in [0.4, 0.5) is 4.39 Å². The van der Waals surface area contributed by atoms with Crippen LogP contribution in [0, 0.1) is 9.39 Å². The number of ether oxygens (including phenoxy) is 1. The molecule has 3 nitrogen and oxygen atoms in total. The Morgan fingerprint density at radius 3 is 2.60 bits per heavy atom. The molecule has 0 aliphatic rings. The first-order valence-electron chi connectivity index (χ1n) is 4.14. The lowest BCUT2D eigenvalue weighted by Crippen LogP contribution is -1.91. The first kappa shape index (κ1) is 10.3. The third-order valence-corrected chi connectivity index (χ3v) is 2.40. The second kappa shape index (κ2) is 4.52. The fourth-order valence-electron chi connectivity index (χ4n) is 0.991. The Morgan fingerprint density at radius 1 is 1.20 bits per heavy atom. The molecule has 0 atom stereocenters. The Balaban J connectivity index is 2.22. The summed E-state index contributed by atoms with van der Waals surface area (Å²) in [7, 11) is 0. The summed E-state index contributed by atoms with van der Waals surface area (Å²) >= 11 is 2.07. The lowest BCUT2D eigenvalue weighted by molar-refractivity contribution is 0.456. The third kappa shape index (κ3) is 2.62. The van der Waals surface area contributed by atoms with Gasteiger partial charge >= 0.3 is 0 Å². The van der Waals surface area contributed by atoms with E-state index in [2.05, 4.69) is 32.6 Å². The highest BCUT2D eigenvalue weighted by molar-refractivity contribution is 14.1. The maximum atomic E-state index is 12.6. The fourth-order valence-corrected chi connectivity index (χ4v) is 1.40. The van der Waals surface area contributed by atoms with E-state index in [-0.39, 0.29) is 5.82 Å². The van der Waals surface area contributed by atoms with E-state index >= 15 is 0 Å². The summed E-state index contributed by atoms with van der Waals surface area (Å²) in [5.41, 5.74) is 0. The molecule has 2 aromatic rings. The minimum atomic E-state index is -0.292. The molecule has 15 heavy (non-hydrogen) atoms. The first-order chi connectivity index (χ1) is 7.25. The highest BCUT2D eigenvalue weighted by atomic mass is 127. The molecule has 0 bridgehead atoms. The van der Waals surface area contributed by atoms with Crippen molar-refractivity contribution in [3.63, 3.8) is 0 Å². The lowest BCUT2D eigenvalue weighted by Gasteiger charge is -2.04. The monoisotopic (exact) mass is 316 g/mol. The summed E-state index contributed by atoms with van der Waals surface area (Å²) in [6.07, 6.45) is 3.05. The van der Waals surface area contributed by atoms with E-state index in [1.165, 1.54) is 18.5 Å². The van der Waals surface area contributed by atoms with Gasteiger partial charge in [0, 0.05) is 6.20 Å². The zero-order chi connectivity index (χ0) is 10.7. The summed E-state index contributed by atoms with van der Waals surface area (Å²) < 4.78 is 18.9. The smallest absolute Gasteiger partial charge is 0.235 e. The first-order valence-corrected chi connectivity index (χ1v) is 5.22. The Hall–Kier alpha value is -1.24. The highest BCUT2D eigenvalue weighted by Crippen LogP contribution is 2.23. The van der Waals surface area contributed by atoms with Crippen molar-refractivity contribution in [2.45, 2.75) is 0 Å². The molecular formula is C10H6FIN2O. The van der Waals surface area contributed by atoms with Gasteiger partial charge in [0.25, 0.3) is 0 Å². The van der Waals surface area contributed by atoms with Crippen molar-refractivity contribution in [3.05, 3.63) is 46.2 Å². The van der Waals surface area contributed by atoms with Gasteiger partial charge in [0.05, 0.1) is 3.57 Å². The molecule has 0 radical (unpaired) electrons. The average molecular weight is 316 g/mol. The van der Waals surface area contributed by atoms with E-state index in [1.54, 1.807) is 18.3 Å². The molecule has 76 valence electrons. The van der Waals surface area contributed by atoms with Crippen molar-refractivity contribution in [1.29, 1.82) is 0 Å². The van der Waals surface area contributed by atoms with Crippen LogP contribution in [-0.4, -0.2) is 9.97 Å². The number of halogens is 2. The molecule has 0 unspecified atom stereocenters. The second-order valence-electron chi connectivity index (χ2n) is 2.73.